The Morgan fingerprint density at radius 3 is 2.71 bits per heavy atom. The van der Waals surface area contributed by atoms with Crippen molar-refractivity contribution in [3.05, 3.63) is 10.8 Å². The molecule has 0 radical (unpaired) electrons. The van der Waals surface area contributed by atoms with E-state index in [9.17, 15) is 5.11 Å². The molecule has 0 saturated carbocycles. The van der Waals surface area contributed by atoms with Crippen LogP contribution in [0, 0.1) is 0 Å². The van der Waals surface area contributed by atoms with E-state index >= 15 is 0 Å². The van der Waals surface area contributed by atoms with E-state index in [0.717, 1.165) is 10.8 Å². The lowest BCUT2D eigenvalue weighted by Crippen LogP contribution is -2.16. The summed E-state index contributed by atoms with van der Waals surface area (Å²) in [5.41, 5.74) is 0. The minimum Gasteiger partial charge on any atom is -0.390 e. The lowest BCUT2D eigenvalue weighted by atomic mass is 10.2. The van der Waals surface area contributed by atoms with Gasteiger partial charge in [-0.05, 0) is 11.5 Å². The van der Waals surface area contributed by atoms with E-state index in [2.05, 4.69) is 23.2 Å². The number of aliphatic hydroxyl groups excluding tert-OH is 1. The van der Waals surface area contributed by atoms with Crippen LogP contribution in [0.15, 0.2) is 0 Å². The van der Waals surface area contributed by atoms with Crippen molar-refractivity contribution in [1.82, 2.24) is 9.36 Å². The summed E-state index contributed by atoms with van der Waals surface area (Å²) in [6, 6.07) is 0. The summed E-state index contributed by atoms with van der Waals surface area (Å²) < 4.78 is 9.04. The molecule has 0 bridgehead atoms. The van der Waals surface area contributed by atoms with Gasteiger partial charge >= 0.3 is 0 Å². The summed E-state index contributed by atoms with van der Waals surface area (Å²) >= 11 is 1.36. The third kappa shape index (κ3) is 3.32. The van der Waals surface area contributed by atoms with Crippen molar-refractivity contribution in [2.24, 2.45) is 0 Å². The van der Waals surface area contributed by atoms with Gasteiger partial charge < -0.3 is 9.84 Å². The smallest absolute Gasteiger partial charge is 0.145 e. The van der Waals surface area contributed by atoms with Crippen molar-refractivity contribution in [2.75, 3.05) is 13.7 Å². The molecule has 1 aromatic heterocycles. The average Bonchev–Trinajstić information content (AvgIpc) is 2.53. The number of methoxy groups -OCH3 is 1. The van der Waals surface area contributed by atoms with Gasteiger partial charge in [-0.1, -0.05) is 13.8 Å². The summed E-state index contributed by atoms with van der Waals surface area (Å²) in [5.74, 6) is 1.20. The first kappa shape index (κ1) is 11.6. The SMILES string of the molecule is COCC(O)Cc1nc(C(C)C)ns1. The van der Waals surface area contributed by atoms with E-state index in [1.54, 1.807) is 7.11 Å². The van der Waals surface area contributed by atoms with E-state index in [4.69, 9.17) is 4.74 Å². The van der Waals surface area contributed by atoms with Crippen molar-refractivity contribution in [3.8, 4) is 0 Å². The lowest BCUT2D eigenvalue weighted by molar-refractivity contribution is 0.0650. The maximum Gasteiger partial charge on any atom is 0.145 e. The molecular formula is C9H16N2O2S. The van der Waals surface area contributed by atoms with Crippen LogP contribution in [-0.4, -0.2) is 34.3 Å². The molecule has 1 heterocycles. The first-order valence-corrected chi connectivity index (χ1v) is 5.40. The number of hydrogen-bond acceptors (Lipinski definition) is 5. The molecule has 0 fully saturated rings. The minimum atomic E-state index is -0.479. The van der Waals surface area contributed by atoms with Crippen LogP contribution in [0.5, 0.6) is 0 Å². The molecule has 1 atom stereocenters. The number of aliphatic hydroxyl groups is 1. The second-order valence-corrected chi connectivity index (χ2v) is 4.35. The molecular weight excluding hydrogens is 200 g/mol. The zero-order chi connectivity index (χ0) is 10.6. The maximum absolute atomic E-state index is 9.46. The molecule has 0 amide bonds. The lowest BCUT2D eigenvalue weighted by Gasteiger charge is -2.05. The second-order valence-electron chi connectivity index (χ2n) is 3.51. The Morgan fingerprint density at radius 1 is 1.50 bits per heavy atom. The van der Waals surface area contributed by atoms with E-state index in [-0.39, 0.29) is 0 Å². The molecule has 0 aliphatic rings. The summed E-state index contributed by atoms with van der Waals surface area (Å²) in [7, 11) is 1.57. The van der Waals surface area contributed by atoms with Gasteiger partial charge in [-0.3, -0.25) is 0 Å². The number of rotatable bonds is 5. The van der Waals surface area contributed by atoms with Crippen LogP contribution in [0.2, 0.25) is 0 Å². The van der Waals surface area contributed by atoms with Crippen LogP contribution in [0.3, 0.4) is 0 Å². The Balaban J connectivity index is 2.51. The van der Waals surface area contributed by atoms with E-state index in [1.165, 1.54) is 11.5 Å². The van der Waals surface area contributed by atoms with Gasteiger partial charge in [0.05, 0.1) is 12.7 Å². The zero-order valence-corrected chi connectivity index (χ0v) is 9.54. The number of nitrogens with zero attached hydrogens (tertiary/aromatic N) is 2. The standard InChI is InChI=1S/C9H16N2O2S/c1-6(2)9-10-8(14-11-9)4-7(12)5-13-3/h6-7,12H,4-5H2,1-3H3. The van der Waals surface area contributed by atoms with Crippen molar-refractivity contribution in [3.63, 3.8) is 0 Å². The van der Waals surface area contributed by atoms with Crippen molar-refractivity contribution < 1.29 is 9.84 Å². The van der Waals surface area contributed by atoms with Crippen LogP contribution >= 0.6 is 11.5 Å². The van der Waals surface area contributed by atoms with Crippen LogP contribution < -0.4 is 0 Å². The molecule has 1 unspecified atom stereocenters. The van der Waals surface area contributed by atoms with E-state index in [0.29, 0.717) is 18.9 Å². The third-order valence-electron chi connectivity index (χ3n) is 1.77. The summed E-state index contributed by atoms with van der Waals surface area (Å²) in [5, 5.41) is 10.3. The number of aromatic nitrogens is 2. The van der Waals surface area contributed by atoms with E-state index < -0.39 is 6.10 Å². The Hall–Kier alpha value is -0.520. The topological polar surface area (TPSA) is 55.2 Å². The fourth-order valence-corrected chi connectivity index (χ4v) is 1.89. The van der Waals surface area contributed by atoms with Gasteiger partial charge in [0.25, 0.3) is 0 Å². The third-order valence-corrected chi connectivity index (χ3v) is 2.52. The highest BCUT2D eigenvalue weighted by molar-refractivity contribution is 7.05. The fraction of sp³-hybridized carbons (Fsp3) is 0.778. The van der Waals surface area contributed by atoms with Gasteiger partial charge in [-0.15, -0.1) is 0 Å². The predicted octanol–water partition coefficient (Wildman–Crippen LogP) is 1.21. The van der Waals surface area contributed by atoms with Gasteiger partial charge in [0.2, 0.25) is 0 Å². The van der Waals surface area contributed by atoms with Crippen LogP contribution in [-0.2, 0) is 11.2 Å². The van der Waals surface area contributed by atoms with Crippen molar-refractivity contribution in [2.45, 2.75) is 32.3 Å². The summed E-state index contributed by atoms with van der Waals surface area (Å²) in [6.45, 7) is 4.45. The predicted molar refractivity (Wildman–Crippen MR) is 55.6 cm³/mol. The molecule has 1 aromatic rings. The fourth-order valence-electron chi connectivity index (χ4n) is 1.04. The second kappa shape index (κ2) is 5.38. The molecule has 5 heteroatoms. The molecule has 14 heavy (non-hydrogen) atoms. The first-order valence-electron chi connectivity index (χ1n) is 4.63. The number of hydrogen-bond donors (Lipinski definition) is 1. The molecule has 0 saturated heterocycles. The monoisotopic (exact) mass is 216 g/mol. The molecule has 0 aromatic carbocycles. The normalized spacial score (nSPS) is 13.5. The van der Waals surface area contributed by atoms with Crippen LogP contribution in [0.1, 0.15) is 30.6 Å². The Labute approximate surface area is 88.1 Å². The minimum absolute atomic E-state index is 0.344. The summed E-state index contributed by atoms with van der Waals surface area (Å²) in [6.07, 6.45) is 0.0473. The Bertz CT molecular complexity index is 276. The van der Waals surface area contributed by atoms with Gasteiger partial charge in [-0.2, -0.15) is 4.37 Å². The van der Waals surface area contributed by atoms with Gasteiger partial charge in [0, 0.05) is 19.4 Å². The van der Waals surface area contributed by atoms with Crippen LogP contribution in [0.25, 0.3) is 0 Å². The summed E-state index contributed by atoms with van der Waals surface area (Å²) in [4.78, 5) is 4.32. The quantitative estimate of drug-likeness (QED) is 0.804. The highest BCUT2D eigenvalue weighted by Gasteiger charge is 2.11. The molecule has 1 N–H and O–H groups in total. The van der Waals surface area contributed by atoms with E-state index in [1.807, 2.05) is 0 Å². The van der Waals surface area contributed by atoms with Crippen LogP contribution in [0.4, 0.5) is 0 Å². The van der Waals surface area contributed by atoms with Crippen molar-refractivity contribution >= 4 is 11.5 Å². The molecule has 4 nitrogen and oxygen atoms in total. The first-order chi connectivity index (χ1) is 6.63. The highest BCUT2D eigenvalue weighted by atomic mass is 32.1. The highest BCUT2D eigenvalue weighted by Crippen LogP contribution is 2.14. The largest absolute Gasteiger partial charge is 0.390 e. The molecule has 80 valence electrons. The Morgan fingerprint density at radius 2 is 2.21 bits per heavy atom. The number of ether oxygens (including phenoxy) is 1. The Kier molecular flexibility index (Phi) is 4.44. The molecule has 1 rings (SSSR count). The molecule has 0 aliphatic carbocycles. The maximum atomic E-state index is 9.46. The van der Waals surface area contributed by atoms with Gasteiger partial charge in [0.1, 0.15) is 10.8 Å². The molecule has 0 spiro atoms. The molecule has 0 aliphatic heterocycles. The van der Waals surface area contributed by atoms with Crippen molar-refractivity contribution in [1.29, 1.82) is 0 Å². The zero-order valence-electron chi connectivity index (χ0n) is 8.73. The average molecular weight is 216 g/mol. The van der Waals surface area contributed by atoms with Gasteiger partial charge in [0.15, 0.2) is 0 Å². The van der Waals surface area contributed by atoms with Gasteiger partial charge in [-0.25, -0.2) is 4.98 Å².